The van der Waals surface area contributed by atoms with E-state index < -0.39 is 17.7 Å². The fourth-order valence-corrected chi connectivity index (χ4v) is 4.92. The molecule has 35 heavy (non-hydrogen) atoms. The van der Waals surface area contributed by atoms with Crippen LogP contribution in [0.2, 0.25) is 0 Å². The molecule has 0 spiro atoms. The molecule has 1 fully saturated rings. The molecule has 2 aliphatic heterocycles. The van der Waals surface area contributed by atoms with Crippen molar-refractivity contribution in [1.82, 2.24) is 4.90 Å². The molecule has 1 unspecified atom stereocenters. The summed E-state index contributed by atoms with van der Waals surface area (Å²) in [7, 11) is 3.28. The summed E-state index contributed by atoms with van der Waals surface area (Å²) in [6.45, 7) is 4.60. The highest BCUT2D eigenvalue weighted by atomic mass is 19.1. The third-order valence-electron chi connectivity index (χ3n) is 6.79. The van der Waals surface area contributed by atoms with E-state index in [2.05, 4.69) is 0 Å². The summed E-state index contributed by atoms with van der Waals surface area (Å²) in [6, 6.07) is 6.52. The fraction of sp³-hybridized carbons (Fsp3) is 0.385. The molecule has 0 saturated carbocycles. The molecule has 2 aromatic carbocycles. The Morgan fingerprint density at radius 1 is 1.06 bits per heavy atom. The van der Waals surface area contributed by atoms with E-state index in [-0.39, 0.29) is 11.3 Å². The van der Waals surface area contributed by atoms with Crippen molar-refractivity contribution in [2.45, 2.75) is 19.4 Å². The Balaban J connectivity index is 1.68. The molecule has 3 aromatic rings. The first-order valence-corrected chi connectivity index (χ1v) is 11.7. The predicted molar refractivity (Wildman–Crippen MR) is 129 cm³/mol. The number of amides is 1. The maximum atomic E-state index is 14.4. The highest BCUT2D eigenvalue weighted by Gasteiger charge is 2.30. The van der Waals surface area contributed by atoms with Gasteiger partial charge in [-0.2, -0.15) is 0 Å². The van der Waals surface area contributed by atoms with Crippen molar-refractivity contribution in [1.29, 1.82) is 0 Å². The molecule has 0 aliphatic carbocycles. The first-order valence-electron chi connectivity index (χ1n) is 11.7. The number of hydrogen-bond donors (Lipinski definition) is 0. The molecule has 1 atom stereocenters. The lowest BCUT2D eigenvalue weighted by Crippen LogP contribution is -2.36. The number of fused-ring (bicyclic) bond motifs is 2. The first kappa shape index (κ1) is 23.3. The largest absolute Gasteiger partial charge is 0.440 e. The van der Waals surface area contributed by atoms with E-state index in [0.717, 1.165) is 6.07 Å². The molecule has 5 rings (SSSR count). The maximum Gasteiger partial charge on any atom is 0.253 e. The number of carbonyl (C=O) groups excluding carboxylic acids is 1. The second-order valence-corrected chi connectivity index (χ2v) is 9.19. The molecule has 1 aromatic heterocycles. The number of nitrogens with zero attached hydrogens (tertiary/aromatic N) is 3. The van der Waals surface area contributed by atoms with Gasteiger partial charge in [-0.3, -0.25) is 9.59 Å². The number of benzene rings is 2. The third-order valence-corrected chi connectivity index (χ3v) is 6.79. The number of anilines is 2. The summed E-state index contributed by atoms with van der Waals surface area (Å²) in [5, 5.41) is 0.293. The molecule has 1 amide bonds. The maximum absolute atomic E-state index is 14.4. The van der Waals surface area contributed by atoms with Crippen LogP contribution in [0.4, 0.5) is 20.4 Å². The number of ether oxygens (including phenoxy) is 1. The molecule has 7 nitrogen and oxygen atoms in total. The van der Waals surface area contributed by atoms with Crippen LogP contribution in [0, 0.1) is 11.6 Å². The van der Waals surface area contributed by atoms with Crippen LogP contribution in [-0.2, 0) is 11.2 Å². The molecule has 2 aliphatic rings. The number of carbonyl (C=O) groups is 1. The average Bonchev–Trinajstić information content (AvgIpc) is 3.27. The number of rotatable bonds is 4. The minimum absolute atomic E-state index is 0.254. The Morgan fingerprint density at radius 3 is 2.51 bits per heavy atom. The number of morpholine rings is 1. The monoisotopic (exact) mass is 483 g/mol. The number of halogens is 2. The Hall–Kier alpha value is -3.46. The molecule has 0 N–H and O–H groups in total. The lowest BCUT2D eigenvalue weighted by atomic mass is 9.99. The zero-order valence-electron chi connectivity index (χ0n) is 19.9. The number of hydrogen-bond acceptors (Lipinski definition) is 6. The lowest BCUT2D eigenvalue weighted by Gasteiger charge is -2.30. The van der Waals surface area contributed by atoms with Crippen molar-refractivity contribution < 1.29 is 22.7 Å². The predicted octanol–water partition coefficient (Wildman–Crippen LogP) is 3.73. The van der Waals surface area contributed by atoms with Gasteiger partial charge >= 0.3 is 0 Å². The van der Waals surface area contributed by atoms with Gasteiger partial charge in [0.05, 0.1) is 24.6 Å². The Labute approximate surface area is 201 Å². The van der Waals surface area contributed by atoms with Crippen molar-refractivity contribution in [2.24, 2.45) is 0 Å². The molecular weight excluding hydrogens is 456 g/mol. The van der Waals surface area contributed by atoms with E-state index in [0.29, 0.717) is 78.5 Å². The van der Waals surface area contributed by atoms with Gasteiger partial charge in [-0.15, -0.1) is 0 Å². The normalized spacial score (nSPS) is 16.5. The van der Waals surface area contributed by atoms with Gasteiger partial charge in [0.25, 0.3) is 5.91 Å². The zero-order chi connectivity index (χ0) is 24.9. The van der Waals surface area contributed by atoms with Crippen molar-refractivity contribution in [3.05, 3.63) is 68.9 Å². The van der Waals surface area contributed by atoms with Crippen LogP contribution < -0.4 is 15.2 Å². The minimum Gasteiger partial charge on any atom is -0.440 e. The van der Waals surface area contributed by atoms with E-state index in [9.17, 15) is 18.4 Å². The Bertz CT molecular complexity index is 1360. The van der Waals surface area contributed by atoms with E-state index in [4.69, 9.17) is 9.15 Å². The van der Waals surface area contributed by atoms with Crippen LogP contribution in [0.15, 0.2) is 39.5 Å². The van der Waals surface area contributed by atoms with E-state index >= 15 is 0 Å². The van der Waals surface area contributed by atoms with Gasteiger partial charge in [-0.05, 0) is 31.5 Å². The standard InChI is InChI=1S/C26H27F2N3O4/c1-15(31-5-4-18-21(28)12-17(27)13-22(18)31)19-10-16(26(33)29(2)3)11-20-23(32)14-24(35-25(19)20)30-6-8-34-9-7-30/h10-15H,4-9H2,1-3H3. The highest BCUT2D eigenvalue weighted by molar-refractivity contribution is 5.98. The zero-order valence-corrected chi connectivity index (χ0v) is 19.9. The molecule has 0 bridgehead atoms. The summed E-state index contributed by atoms with van der Waals surface area (Å²) in [6.07, 6.45) is 0.434. The van der Waals surface area contributed by atoms with E-state index in [1.54, 1.807) is 26.2 Å². The summed E-state index contributed by atoms with van der Waals surface area (Å²) < 4.78 is 40.2. The average molecular weight is 484 g/mol. The molecule has 184 valence electrons. The van der Waals surface area contributed by atoms with E-state index in [1.165, 1.54) is 17.0 Å². The van der Waals surface area contributed by atoms with Gasteiger partial charge in [-0.25, -0.2) is 8.78 Å². The van der Waals surface area contributed by atoms with Crippen molar-refractivity contribution in [3.63, 3.8) is 0 Å². The van der Waals surface area contributed by atoms with Crippen molar-refractivity contribution in [2.75, 3.05) is 56.7 Å². The van der Waals surface area contributed by atoms with Gasteiger partial charge < -0.3 is 23.9 Å². The third kappa shape index (κ3) is 4.14. The second-order valence-electron chi connectivity index (χ2n) is 9.19. The van der Waals surface area contributed by atoms with Gasteiger partial charge in [0.15, 0.2) is 11.3 Å². The lowest BCUT2D eigenvalue weighted by molar-refractivity contribution is 0.0827. The SMILES string of the molecule is CC(c1cc(C(=O)N(C)C)cc2c(=O)cc(N3CCOCC3)oc12)N1CCc2c(F)cc(F)cc21. The second kappa shape index (κ2) is 8.96. The van der Waals surface area contributed by atoms with Crippen LogP contribution in [0.25, 0.3) is 11.0 Å². The molecule has 0 radical (unpaired) electrons. The Kier molecular flexibility index (Phi) is 5.96. The fourth-order valence-electron chi connectivity index (χ4n) is 4.92. The summed E-state index contributed by atoms with van der Waals surface area (Å²) in [5.41, 5.74) is 2.00. The van der Waals surface area contributed by atoms with E-state index in [1.807, 2.05) is 16.7 Å². The summed E-state index contributed by atoms with van der Waals surface area (Å²) in [5.74, 6) is -1.04. The smallest absolute Gasteiger partial charge is 0.253 e. The molecule has 9 heteroatoms. The minimum atomic E-state index is -0.650. The van der Waals surface area contributed by atoms with Gasteiger partial charge in [0, 0.05) is 68.2 Å². The van der Waals surface area contributed by atoms with Crippen LogP contribution in [0.1, 0.15) is 34.5 Å². The molecular formula is C26H27F2N3O4. The summed E-state index contributed by atoms with van der Waals surface area (Å²) in [4.78, 5) is 31.4. The summed E-state index contributed by atoms with van der Waals surface area (Å²) >= 11 is 0. The van der Waals surface area contributed by atoms with Crippen LogP contribution >= 0.6 is 0 Å². The van der Waals surface area contributed by atoms with Gasteiger partial charge in [0.2, 0.25) is 0 Å². The van der Waals surface area contributed by atoms with Crippen LogP contribution in [0.5, 0.6) is 0 Å². The van der Waals surface area contributed by atoms with Gasteiger partial charge in [-0.1, -0.05) is 0 Å². The van der Waals surface area contributed by atoms with Crippen LogP contribution in [-0.4, -0.2) is 57.8 Å². The van der Waals surface area contributed by atoms with Crippen molar-refractivity contribution in [3.8, 4) is 0 Å². The highest BCUT2D eigenvalue weighted by Crippen LogP contribution is 2.39. The van der Waals surface area contributed by atoms with Crippen LogP contribution in [0.3, 0.4) is 0 Å². The van der Waals surface area contributed by atoms with Crippen molar-refractivity contribution >= 4 is 28.4 Å². The van der Waals surface area contributed by atoms with Gasteiger partial charge in [0.1, 0.15) is 17.2 Å². The molecule has 3 heterocycles. The topological polar surface area (TPSA) is 66.2 Å². The Morgan fingerprint density at radius 2 is 1.80 bits per heavy atom. The quantitative estimate of drug-likeness (QED) is 0.564. The molecule has 1 saturated heterocycles. The first-order chi connectivity index (χ1) is 16.7.